The number of sulfonamides is 2. The van der Waals surface area contributed by atoms with Gasteiger partial charge in [-0.3, -0.25) is 0 Å². The molecule has 1 N–H and O–H groups in total. The first-order valence-corrected chi connectivity index (χ1v) is 12.7. The maximum Gasteiger partial charge on any atom is 0.243 e. The summed E-state index contributed by atoms with van der Waals surface area (Å²) in [5, 5.41) is 3.58. The van der Waals surface area contributed by atoms with Gasteiger partial charge in [-0.15, -0.1) is 0 Å². The lowest BCUT2D eigenvalue weighted by Gasteiger charge is -2.30. The number of nitrogens with zero attached hydrogens (tertiary/aromatic N) is 2. The smallest absolute Gasteiger partial charge is 0.243 e. The second kappa shape index (κ2) is 8.75. The van der Waals surface area contributed by atoms with Gasteiger partial charge < -0.3 is 5.32 Å². The molecule has 1 heterocycles. The van der Waals surface area contributed by atoms with Crippen LogP contribution in [-0.2, 0) is 20.0 Å². The van der Waals surface area contributed by atoms with E-state index in [1.807, 2.05) is 0 Å². The lowest BCUT2D eigenvalue weighted by atomic mass is 10.2. The first-order chi connectivity index (χ1) is 12.8. The third-order valence-corrected chi connectivity index (χ3v) is 9.26. The third kappa shape index (κ3) is 5.02. The van der Waals surface area contributed by atoms with Gasteiger partial charge in [0.05, 0.1) is 10.6 Å². The molecule has 27 heavy (non-hydrogen) atoms. The van der Waals surface area contributed by atoms with Gasteiger partial charge in [-0.05, 0) is 37.1 Å². The van der Waals surface area contributed by atoms with Crippen LogP contribution in [0, 0.1) is 0 Å². The predicted octanol–water partition coefficient (Wildman–Crippen LogP) is 1.51. The summed E-state index contributed by atoms with van der Waals surface area (Å²) in [6, 6.07) is 5.88. The van der Waals surface area contributed by atoms with Crippen LogP contribution in [0.25, 0.3) is 0 Å². The molecule has 10 heteroatoms. The fourth-order valence-electron chi connectivity index (χ4n) is 3.69. The molecule has 1 aliphatic carbocycles. The van der Waals surface area contributed by atoms with Crippen LogP contribution in [0.3, 0.4) is 0 Å². The molecule has 0 bridgehead atoms. The normalized spacial score (nSPS) is 20.4. The summed E-state index contributed by atoms with van der Waals surface area (Å²) >= 11 is 5.88. The monoisotopic (exact) mass is 435 g/mol. The van der Waals surface area contributed by atoms with Crippen molar-refractivity contribution in [3.05, 3.63) is 29.3 Å². The Labute approximate surface area is 166 Å². The molecule has 152 valence electrons. The van der Waals surface area contributed by atoms with E-state index in [9.17, 15) is 16.8 Å². The van der Waals surface area contributed by atoms with E-state index < -0.39 is 20.0 Å². The standard InChI is InChI=1S/C17H26ClN3O4S2/c18-15-5-7-17(8-6-15)27(24,25)21(16-3-1-2-4-16)13-14-26(22,23)20-11-9-19-10-12-20/h5-8,16,19H,1-4,9-14H2. The topological polar surface area (TPSA) is 86.8 Å². The maximum absolute atomic E-state index is 13.2. The summed E-state index contributed by atoms with van der Waals surface area (Å²) in [4.78, 5) is 0.151. The summed E-state index contributed by atoms with van der Waals surface area (Å²) in [6.45, 7) is 2.07. The second-order valence-electron chi connectivity index (χ2n) is 6.97. The molecule has 1 aliphatic heterocycles. The Morgan fingerprint density at radius 3 is 2.22 bits per heavy atom. The predicted molar refractivity (Wildman–Crippen MR) is 106 cm³/mol. The van der Waals surface area contributed by atoms with E-state index in [1.54, 1.807) is 12.1 Å². The molecule has 0 atom stereocenters. The number of piperazine rings is 1. The number of benzene rings is 1. The first kappa shape index (κ1) is 21.0. The van der Waals surface area contributed by atoms with Crippen LogP contribution in [0.2, 0.25) is 5.02 Å². The minimum absolute atomic E-state index is 0.0259. The SMILES string of the molecule is O=S(=O)(CCN(C1CCCC1)S(=O)(=O)c1ccc(Cl)cc1)N1CCNCC1. The van der Waals surface area contributed by atoms with Crippen molar-refractivity contribution >= 4 is 31.6 Å². The Morgan fingerprint density at radius 1 is 1.04 bits per heavy atom. The summed E-state index contributed by atoms with van der Waals surface area (Å²) in [7, 11) is -7.27. The third-order valence-electron chi connectivity index (χ3n) is 5.19. The quantitative estimate of drug-likeness (QED) is 0.701. The molecule has 0 radical (unpaired) electrons. The van der Waals surface area contributed by atoms with E-state index in [0.29, 0.717) is 31.2 Å². The van der Waals surface area contributed by atoms with Crippen molar-refractivity contribution in [1.82, 2.24) is 13.9 Å². The number of halogens is 1. The zero-order valence-corrected chi connectivity index (χ0v) is 17.6. The summed E-state index contributed by atoms with van der Waals surface area (Å²) in [5.41, 5.74) is 0. The van der Waals surface area contributed by atoms with Crippen molar-refractivity contribution in [3.8, 4) is 0 Å². The number of rotatable bonds is 7. The molecule has 1 saturated heterocycles. The molecule has 0 unspecified atom stereocenters. The molecule has 2 fully saturated rings. The van der Waals surface area contributed by atoms with Crippen molar-refractivity contribution in [3.63, 3.8) is 0 Å². The maximum atomic E-state index is 13.2. The van der Waals surface area contributed by atoms with Gasteiger partial charge in [-0.25, -0.2) is 16.8 Å². The lowest BCUT2D eigenvalue weighted by molar-refractivity contribution is 0.327. The molecule has 1 aromatic rings. The molecule has 2 aliphatic rings. The van der Waals surface area contributed by atoms with Gasteiger partial charge in [0.2, 0.25) is 20.0 Å². The van der Waals surface area contributed by atoms with Crippen LogP contribution >= 0.6 is 11.6 Å². The minimum atomic E-state index is -3.78. The van der Waals surface area contributed by atoms with E-state index in [1.165, 1.54) is 20.7 Å². The zero-order chi connectivity index (χ0) is 19.5. The van der Waals surface area contributed by atoms with Crippen LogP contribution in [0.5, 0.6) is 0 Å². The van der Waals surface area contributed by atoms with Gasteiger partial charge in [0.15, 0.2) is 0 Å². The average molecular weight is 436 g/mol. The molecule has 0 spiro atoms. The Kier molecular flexibility index (Phi) is 6.81. The number of hydrogen-bond acceptors (Lipinski definition) is 5. The second-order valence-corrected chi connectivity index (χ2v) is 11.4. The Hall–Kier alpha value is -0.710. The van der Waals surface area contributed by atoms with Crippen molar-refractivity contribution in [2.45, 2.75) is 36.6 Å². The molecular formula is C17H26ClN3O4S2. The zero-order valence-electron chi connectivity index (χ0n) is 15.2. The largest absolute Gasteiger partial charge is 0.314 e. The van der Waals surface area contributed by atoms with Crippen LogP contribution in [0.1, 0.15) is 25.7 Å². The summed E-state index contributed by atoms with van der Waals surface area (Å²) in [6.07, 6.45) is 3.45. The summed E-state index contributed by atoms with van der Waals surface area (Å²) in [5.74, 6) is -0.198. The fourth-order valence-corrected chi connectivity index (χ4v) is 7.04. The highest BCUT2D eigenvalue weighted by atomic mass is 35.5. The average Bonchev–Trinajstić information content (AvgIpc) is 3.17. The van der Waals surface area contributed by atoms with Crippen molar-refractivity contribution in [2.24, 2.45) is 0 Å². The highest BCUT2D eigenvalue weighted by Crippen LogP contribution is 2.29. The molecule has 3 rings (SSSR count). The molecule has 1 aromatic carbocycles. The minimum Gasteiger partial charge on any atom is -0.314 e. The van der Waals surface area contributed by atoms with Crippen molar-refractivity contribution in [2.75, 3.05) is 38.5 Å². The molecule has 0 amide bonds. The first-order valence-electron chi connectivity index (χ1n) is 9.27. The number of hydrogen-bond donors (Lipinski definition) is 1. The van der Waals surface area contributed by atoms with Gasteiger partial charge in [0, 0.05) is 43.8 Å². The van der Waals surface area contributed by atoms with Gasteiger partial charge in [-0.2, -0.15) is 8.61 Å². The fraction of sp³-hybridized carbons (Fsp3) is 0.647. The molecule has 1 saturated carbocycles. The van der Waals surface area contributed by atoms with Gasteiger partial charge in [0.25, 0.3) is 0 Å². The van der Waals surface area contributed by atoms with E-state index in [-0.39, 0.29) is 23.2 Å². The van der Waals surface area contributed by atoms with Crippen molar-refractivity contribution < 1.29 is 16.8 Å². The van der Waals surface area contributed by atoms with Gasteiger partial charge in [0.1, 0.15) is 0 Å². The highest BCUT2D eigenvalue weighted by molar-refractivity contribution is 7.90. The van der Waals surface area contributed by atoms with E-state index in [2.05, 4.69) is 5.32 Å². The Morgan fingerprint density at radius 2 is 1.63 bits per heavy atom. The lowest BCUT2D eigenvalue weighted by Crippen LogP contribution is -2.49. The van der Waals surface area contributed by atoms with E-state index in [0.717, 1.165) is 25.7 Å². The van der Waals surface area contributed by atoms with Crippen LogP contribution in [0.15, 0.2) is 29.2 Å². The molecule has 0 aromatic heterocycles. The Bertz CT molecular complexity index is 831. The van der Waals surface area contributed by atoms with Crippen LogP contribution < -0.4 is 5.32 Å². The number of nitrogens with one attached hydrogen (secondary N) is 1. The van der Waals surface area contributed by atoms with Gasteiger partial charge in [-0.1, -0.05) is 24.4 Å². The Balaban J connectivity index is 1.80. The van der Waals surface area contributed by atoms with E-state index in [4.69, 9.17) is 11.6 Å². The highest BCUT2D eigenvalue weighted by Gasteiger charge is 2.35. The van der Waals surface area contributed by atoms with Gasteiger partial charge >= 0.3 is 0 Å². The summed E-state index contributed by atoms with van der Waals surface area (Å²) < 4.78 is 54.6. The molecule has 7 nitrogen and oxygen atoms in total. The molecular weight excluding hydrogens is 410 g/mol. The van der Waals surface area contributed by atoms with Crippen LogP contribution in [0.4, 0.5) is 0 Å². The van der Waals surface area contributed by atoms with Crippen LogP contribution in [-0.4, -0.2) is 70.0 Å². The van der Waals surface area contributed by atoms with Crippen molar-refractivity contribution in [1.29, 1.82) is 0 Å². The van der Waals surface area contributed by atoms with E-state index >= 15 is 0 Å².